The van der Waals surface area contributed by atoms with E-state index in [2.05, 4.69) is 24.1 Å². The molecule has 11 nitrogen and oxygen atoms in total. The molecule has 0 aromatic heterocycles. The SMILES string of the molecule is CCN(CC)CCCC(C)NC(=O)c1ccccc1O.O=C(O)CC(O)(CC(=O)O)C(=O)O. The summed E-state index contributed by atoms with van der Waals surface area (Å²) >= 11 is 0. The number of amides is 1. The number of nitrogens with zero attached hydrogens (tertiary/aromatic N) is 1. The summed E-state index contributed by atoms with van der Waals surface area (Å²) in [4.78, 5) is 44.9. The van der Waals surface area contributed by atoms with E-state index in [4.69, 9.17) is 20.4 Å². The van der Waals surface area contributed by atoms with Crippen LogP contribution in [0.5, 0.6) is 5.75 Å². The minimum atomic E-state index is -2.74. The second-order valence-electron chi connectivity index (χ2n) is 7.54. The quantitative estimate of drug-likeness (QED) is 0.246. The summed E-state index contributed by atoms with van der Waals surface area (Å²) < 4.78 is 0. The van der Waals surface area contributed by atoms with Crippen molar-refractivity contribution < 1.29 is 44.7 Å². The highest BCUT2D eigenvalue weighted by molar-refractivity contribution is 5.96. The van der Waals surface area contributed by atoms with Crippen molar-refractivity contribution >= 4 is 23.8 Å². The van der Waals surface area contributed by atoms with Gasteiger partial charge in [-0.25, -0.2) is 4.79 Å². The van der Waals surface area contributed by atoms with Gasteiger partial charge in [0, 0.05) is 6.04 Å². The zero-order chi connectivity index (χ0) is 25.6. The summed E-state index contributed by atoms with van der Waals surface area (Å²) in [6.07, 6.45) is -0.289. The van der Waals surface area contributed by atoms with E-state index in [-0.39, 0.29) is 17.7 Å². The van der Waals surface area contributed by atoms with Gasteiger partial charge < -0.3 is 35.7 Å². The monoisotopic (exact) mass is 470 g/mol. The van der Waals surface area contributed by atoms with Gasteiger partial charge in [-0.2, -0.15) is 0 Å². The number of benzene rings is 1. The van der Waals surface area contributed by atoms with Crippen LogP contribution in [0.4, 0.5) is 0 Å². The molecule has 6 N–H and O–H groups in total. The molecule has 1 rings (SSSR count). The molecule has 1 aromatic rings. The van der Waals surface area contributed by atoms with Crippen LogP contribution in [-0.2, 0) is 14.4 Å². The summed E-state index contributed by atoms with van der Waals surface area (Å²) in [6, 6.07) is 6.73. The van der Waals surface area contributed by atoms with Gasteiger partial charge in [-0.3, -0.25) is 14.4 Å². The van der Waals surface area contributed by atoms with Gasteiger partial charge in [0.1, 0.15) is 5.75 Å². The van der Waals surface area contributed by atoms with Crippen LogP contribution in [0.25, 0.3) is 0 Å². The number of phenolic OH excluding ortho intramolecular Hbond substituents is 1. The second kappa shape index (κ2) is 14.8. The molecule has 33 heavy (non-hydrogen) atoms. The Morgan fingerprint density at radius 1 is 1.00 bits per heavy atom. The Hall–Kier alpha value is -3.18. The van der Waals surface area contributed by atoms with Crippen LogP contribution < -0.4 is 5.32 Å². The van der Waals surface area contributed by atoms with E-state index in [1.807, 2.05) is 6.92 Å². The molecule has 1 aromatic carbocycles. The number of nitrogens with one attached hydrogen (secondary N) is 1. The van der Waals surface area contributed by atoms with E-state index >= 15 is 0 Å². The van der Waals surface area contributed by atoms with Gasteiger partial charge >= 0.3 is 17.9 Å². The standard InChI is InChI=1S/C16H26N2O2.C6H8O7/c1-4-18(5-2)12-8-9-13(3)17-16(20)14-10-6-7-11-15(14)19;7-3(8)1-6(13,5(11)12)2-4(9)10/h6-7,10-11,13,19H,4-5,8-9,12H2,1-3H3,(H,17,20);13H,1-2H2,(H,7,8)(H,9,10)(H,11,12). The van der Waals surface area contributed by atoms with Crippen molar-refractivity contribution in [3.05, 3.63) is 29.8 Å². The first-order valence-electron chi connectivity index (χ1n) is 10.6. The molecule has 0 saturated carbocycles. The number of phenols is 1. The molecule has 0 aliphatic rings. The van der Waals surface area contributed by atoms with Crippen molar-refractivity contribution in [2.45, 2.75) is 58.1 Å². The Labute approximate surface area is 192 Å². The molecule has 1 unspecified atom stereocenters. The average Bonchev–Trinajstić information content (AvgIpc) is 2.70. The Morgan fingerprint density at radius 3 is 1.94 bits per heavy atom. The molecule has 0 spiro atoms. The molecule has 0 aliphatic heterocycles. The number of aliphatic hydroxyl groups is 1. The molecule has 0 bridgehead atoms. The van der Waals surface area contributed by atoms with Gasteiger partial charge in [0.2, 0.25) is 0 Å². The zero-order valence-electron chi connectivity index (χ0n) is 19.2. The fourth-order valence-electron chi connectivity index (χ4n) is 2.91. The molecule has 11 heteroatoms. The van der Waals surface area contributed by atoms with Crippen molar-refractivity contribution in [2.75, 3.05) is 19.6 Å². The summed E-state index contributed by atoms with van der Waals surface area (Å²) in [6.45, 7) is 9.51. The Morgan fingerprint density at radius 2 is 1.52 bits per heavy atom. The lowest BCUT2D eigenvalue weighted by atomic mass is 9.96. The lowest BCUT2D eigenvalue weighted by molar-refractivity contribution is -0.170. The average molecular weight is 471 g/mol. The van der Waals surface area contributed by atoms with E-state index in [0.29, 0.717) is 5.56 Å². The van der Waals surface area contributed by atoms with Gasteiger partial charge in [-0.1, -0.05) is 26.0 Å². The van der Waals surface area contributed by atoms with Gasteiger partial charge in [0.15, 0.2) is 5.60 Å². The highest BCUT2D eigenvalue weighted by atomic mass is 16.4. The van der Waals surface area contributed by atoms with Crippen LogP contribution in [-0.4, -0.2) is 85.5 Å². The minimum Gasteiger partial charge on any atom is -0.507 e. The third-order valence-corrected chi connectivity index (χ3v) is 4.82. The lowest BCUT2D eigenvalue weighted by Crippen LogP contribution is -2.42. The predicted molar refractivity (Wildman–Crippen MR) is 119 cm³/mol. The third kappa shape index (κ3) is 11.9. The largest absolute Gasteiger partial charge is 0.507 e. The molecule has 0 radical (unpaired) electrons. The van der Waals surface area contributed by atoms with Gasteiger partial charge in [0.05, 0.1) is 18.4 Å². The summed E-state index contributed by atoms with van der Waals surface area (Å²) in [5, 5.41) is 46.4. The first-order valence-corrected chi connectivity index (χ1v) is 10.6. The Bertz CT molecular complexity index is 778. The number of hydrogen-bond donors (Lipinski definition) is 6. The van der Waals surface area contributed by atoms with E-state index in [9.17, 15) is 24.3 Å². The smallest absolute Gasteiger partial charge is 0.336 e. The van der Waals surface area contributed by atoms with Crippen LogP contribution >= 0.6 is 0 Å². The second-order valence-corrected chi connectivity index (χ2v) is 7.54. The van der Waals surface area contributed by atoms with Crippen molar-refractivity contribution in [3.63, 3.8) is 0 Å². The van der Waals surface area contributed by atoms with Gasteiger partial charge in [-0.15, -0.1) is 0 Å². The lowest BCUT2D eigenvalue weighted by Gasteiger charge is -2.19. The maximum Gasteiger partial charge on any atom is 0.336 e. The number of carboxylic acids is 3. The maximum atomic E-state index is 12.0. The van der Waals surface area contributed by atoms with Crippen LogP contribution in [0.2, 0.25) is 0 Å². The predicted octanol–water partition coefficient (Wildman–Crippen LogP) is 1.38. The Balaban J connectivity index is 0.000000684. The van der Waals surface area contributed by atoms with E-state index in [1.54, 1.807) is 18.2 Å². The molecule has 0 aliphatic carbocycles. The zero-order valence-corrected chi connectivity index (χ0v) is 19.2. The fraction of sp³-hybridized carbons (Fsp3) is 0.545. The number of aromatic hydroxyl groups is 1. The normalized spacial score (nSPS) is 11.8. The summed E-state index contributed by atoms with van der Waals surface area (Å²) in [7, 11) is 0. The molecular weight excluding hydrogens is 436 g/mol. The van der Waals surface area contributed by atoms with Gasteiger partial charge in [0.25, 0.3) is 5.91 Å². The number of carbonyl (C=O) groups is 4. The van der Waals surface area contributed by atoms with Crippen molar-refractivity contribution in [3.8, 4) is 5.75 Å². The number of hydrogen-bond acceptors (Lipinski definition) is 7. The number of carbonyl (C=O) groups excluding carboxylic acids is 1. The molecule has 1 atom stereocenters. The molecule has 0 heterocycles. The fourth-order valence-corrected chi connectivity index (χ4v) is 2.91. The van der Waals surface area contributed by atoms with Crippen LogP contribution in [0.3, 0.4) is 0 Å². The number of para-hydroxylation sites is 1. The molecule has 0 fully saturated rings. The highest BCUT2D eigenvalue weighted by Gasteiger charge is 2.40. The van der Waals surface area contributed by atoms with Gasteiger partial charge in [-0.05, 0) is 51.5 Å². The molecule has 1 amide bonds. The van der Waals surface area contributed by atoms with Crippen molar-refractivity contribution in [2.24, 2.45) is 0 Å². The van der Waals surface area contributed by atoms with Crippen LogP contribution in [0.15, 0.2) is 24.3 Å². The van der Waals surface area contributed by atoms with Crippen molar-refractivity contribution in [1.29, 1.82) is 0 Å². The van der Waals surface area contributed by atoms with E-state index in [1.165, 1.54) is 6.07 Å². The summed E-state index contributed by atoms with van der Waals surface area (Å²) in [5.74, 6) is -5.20. The minimum absolute atomic E-state index is 0.0281. The molecule has 186 valence electrons. The summed E-state index contributed by atoms with van der Waals surface area (Å²) in [5.41, 5.74) is -2.40. The molecular formula is C22H34N2O9. The first kappa shape index (κ1) is 29.8. The number of carboxylic acid groups (broad SMARTS) is 3. The van der Waals surface area contributed by atoms with E-state index in [0.717, 1.165) is 32.5 Å². The first-order chi connectivity index (χ1) is 15.4. The van der Waals surface area contributed by atoms with E-state index < -0.39 is 36.4 Å². The van der Waals surface area contributed by atoms with Crippen LogP contribution in [0, 0.1) is 0 Å². The number of aliphatic carboxylic acids is 3. The number of rotatable bonds is 13. The Kier molecular flexibility index (Phi) is 13.4. The maximum absolute atomic E-state index is 12.0. The van der Waals surface area contributed by atoms with Crippen molar-refractivity contribution in [1.82, 2.24) is 10.2 Å². The van der Waals surface area contributed by atoms with Crippen LogP contribution in [0.1, 0.15) is 56.8 Å². The third-order valence-electron chi connectivity index (χ3n) is 4.82. The topological polar surface area (TPSA) is 185 Å². The molecule has 0 saturated heterocycles. The highest BCUT2D eigenvalue weighted by Crippen LogP contribution is 2.16.